The molecule has 11 heavy (non-hydrogen) atoms. The van der Waals surface area contributed by atoms with Crippen LogP contribution in [0.25, 0.3) is 0 Å². The van der Waals surface area contributed by atoms with E-state index in [0.717, 1.165) is 6.42 Å². The van der Waals surface area contributed by atoms with Gasteiger partial charge in [0.2, 0.25) is 0 Å². The van der Waals surface area contributed by atoms with Crippen LogP contribution in [0.15, 0.2) is 0 Å². The zero-order valence-electron chi connectivity index (χ0n) is 7.01. The van der Waals surface area contributed by atoms with E-state index in [2.05, 4.69) is 5.32 Å². The average molecular weight is 162 g/mol. The lowest BCUT2D eigenvalue weighted by Gasteiger charge is -2.28. The molecule has 0 spiro atoms. The summed E-state index contributed by atoms with van der Waals surface area (Å²) in [5, 5.41) is 20.1. The van der Waals surface area contributed by atoms with Crippen LogP contribution in [0.1, 0.15) is 19.8 Å². The van der Waals surface area contributed by atoms with E-state index in [9.17, 15) is 0 Å². The van der Waals surface area contributed by atoms with E-state index in [1.54, 1.807) is 0 Å². The summed E-state index contributed by atoms with van der Waals surface area (Å²) in [5.74, 6) is 0. The SMILES string of the molecule is CCC(N)(CCO)NCCO. The second-order valence-corrected chi connectivity index (χ2v) is 2.63. The van der Waals surface area contributed by atoms with Crippen LogP contribution in [0.4, 0.5) is 0 Å². The van der Waals surface area contributed by atoms with E-state index in [1.807, 2.05) is 6.92 Å². The highest BCUT2D eigenvalue weighted by atomic mass is 16.3. The quantitative estimate of drug-likeness (QED) is 0.378. The predicted molar refractivity (Wildman–Crippen MR) is 44.0 cm³/mol. The van der Waals surface area contributed by atoms with Crippen LogP contribution in [0.3, 0.4) is 0 Å². The summed E-state index contributed by atoms with van der Waals surface area (Å²) >= 11 is 0. The zero-order chi connectivity index (χ0) is 8.74. The van der Waals surface area contributed by atoms with Crippen molar-refractivity contribution in [3.63, 3.8) is 0 Å². The van der Waals surface area contributed by atoms with Crippen molar-refractivity contribution in [2.45, 2.75) is 25.4 Å². The van der Waals surface area contributed by atoms with Gasteiger partial charge in [0.05, 0.1) is 12.3 Å². The maximum Gasteiger partial charge on any atom is 0.0682 e. The summed E-state index contributed by atoms with van der Waals surface area (Å²) in [4.78, 5) is 0. The van der Waals surface area contributed by atoms with Gasteiger partial charge in [0.15, 0.2) is 0 Å². The predicted octanol–water partition coefficient (Wildman–Crippen LogP) is -0.984. The topological polar surface area (TPSA) is 78.5 Å². The fourth-order valence-electron chi connectivity index (χ4n) is 0.895. The fraction of sp³-hybridized carbons (Fsp3) is 1.00. The number of aliphatic hydroxyl groups is 2. The number of aliphatic hydroxyl groups excluding tert-OH is 2. The molecule has 0 fully saturated rings. The van der Waals surface area contributed by atoms with Crippen LogP contribution >= 0.6 is 0 Å². The highest BCUT2D eigenvalue weighted by molar-refractivity contribution is 4.78. The van der Waals surface area contributed by atoms with Crippen LogP contribution < -0.4 is 11.1 Å². The van der Waals surface area contributed by atoms with Gasteiger partial charge in [-0.1, -0.05) is 6.92 Å². The normalized spacial score (nSPS) is 16.4. The van der Waals surface area contributed by atoms with Gasteiger partial charge in [0.25, 0.3) is 0 Å². The van der Waals surface area contributed by atoms with Gasteiger partial charge >= 0.3 is 0 Å². The first-order valence-electron chi connectivity index (χ1n) is 3.94. The van der Waals surface area contributed by atoms with Crippen molar-refractivity contribution in [2.24, 2.45) is 5.73 Å². The zero-order valence-corrected chi connectivity index (χ0v) is 7.01. The Morgan fingerprint density at radius 3 is 2.36 bits per heavy atom. The molecule has 0 aromatic heterocycles. The van der Waals surface area contributed by atoms with Crippen LogP contribution in [-0.4, -0.2) is 35.6 Å². The summed E-state index contributed by atoms with van der Waals surface area (Å²) in [6, 6.07) is 0. The molecule has 0 heterocycles. The molecular weight excluding hydrogens is 144 g/mol. The molecule has 0 aliphatic rings. The van der Waals surface area contributed by atoms with Crippen LogP contribution in [0.5, 0.6) is 0 Å². The molecule has 0 bridgehead atoms. The summed E-state index contributed by atoms with van der Waals surface area (Å²) in [5.41, 5.74) is 5.30. The lowest BCUT2D eigenvalue weighted by Crippen LogP contribution is -2.54. The van der Waals surface area contributed by atoms with E-state index < -0.39 is 5.66 Å². The maximum absolute atomic E-state index is 8.65. The van der Waals surface area contributed by atoms with Gasteiger partial charge in [0, 0.05) is 19.6 Å². The molecule has 0 amide bonds. The molecule has 0 saturated carbocycles. The molecule has 0 aromatic carbocycles. The summed E-state index contributed by atoms with van der Waals surface area (Å²) in [7, 11) is 0. The first-order chi connectivity index (χ1) is 5.18. The van der Waals surface area contributed by atoms with Gasteiger partial charge in [-0.3, -0.25) is 5.32 Å². The van der Waals surface area contributed by atoms with Crippen LogP contribution in [0.2, 0.25) is 0 Å². The van der Waals surface area contributed by atoms with Gasteiger partial charge in [-0.05, 0) is 6.42 Å². The lowest BCUT2D eigenvalue weighted by atomic mass is 10.1. The Balaban J connectivity index is 3.68. The molecule has 1 unspecified atom stereocenters. The molecule has 4 heteroatoms. The standard InChI is InChI=1S/C7H18N2O2/c1-2-7(8,3-5-10)9-4-6-11/h9-11H,2-6,8H2,1H3. The molecule has 5 N–H and O–H groups in total. The van der Waals surface area contributed by atoms with E-state index >= 15 is 0 Å². The Hall–Kier alpha value is -0.160. The molecule has 0 rings (SSSR count). The minimum absolute atomic E-state index is 0.0722. The monoisotopic (exact) mass is 162 g/mol. The van der Waals surface area contributed by atoms with Crippen LogP contribution in [-0.2, 0) is 0 Å². The largest absolute Gasteiger partial charge is 0.396 e. The Morgan fingerprint density at radius 2 is 2.00 bits per heavy atom. The Morgan fingerprint density at radius 1 is 1.36 bits per heavy atom. The molecule has 0 aliphatic carbocycles. The molecule has 68 valence electrons. The van der Waals surface area contributed by atoms with E-state index in [4.69, 9.17) is 15.9 Å². The van der Waals surface area contributed by atoms with E-state index in [-0.39, 0.29) is 13.2 Å². The summed E-state index contributed by atoms with van der Waals surface area (Å²) < 4.78 is 0. The van der Waals surface area contributed by atoms with Crippen molar-refractivity contribution in [2.75, 3.05) is 19.8 Å². The second kappa shape index (κ2) is 5.49. The number of rotatable bonds is 6. The van der Waals surface area contributed by atoms with E-state index in [0.29, 0.717) is 13.0 Å². The first kappa shape index (κ1) is 10.8. The van der Waals surface area contributed by atoms with Crippen molar-refractivity contribution in [3.8, 4) is 0 Å². The molecular formula is C7H18N2O2. The Labute approximate surface area is 67.4 Å². The number of nitrogens with two attached hydrogens (primary N) is 1. The molecule has 4 nitrogen and oxygen atoms in total. The van der Waals surface area contributed by atoms with Gasteiger partial charge < -0.3 is 15.9 Å². The number of hydrogen-bond donors (Lipinski definition) is 4. The van der Waals surface area contributed by atoms with Gasteiger partial charge in [-0.15, -0.1) is 0 Å². The van der Waals surface area contributed by atoms with Crippen molar-refractivity contribution in [1.82, 2.24) is 5.32 Å². The van der Waals surface area contributed by atoms with Crippen molar-refractivity contribution in [3.05, 3.63) is 0 Å². The van der Waals surface area contributed by atoms with E-state index in [1.165, 1.54) is 0 Å². The third-order valence-corrected chi connectivity index (χ3v) is 1.78. The third kappa shape index (κ3) is 4.31. The minimum Gasteiger partial charge on any atom is -0.396 e. The molecule has 0 aromatic rings. The highest BCUT2D eigenvalue weighted by Crippen LogP contribution is 2.05. The number of hydrogen-bond acceptors (Lipinski definition) is 4. The second-order valence-electron chi connectivity index (χ2n) is 2.63. The van der Waals surface area contributed by atoms with Crippen molar-refractivity contribution >= 4 is 0 Å². The van der Waals surface area contributed by atoms with Gasteiger partial charge in [-0.2, -0.15) is 0 Å². The third-order valence-electron chi connectivity index (χ3n) is 1.78. The van der Waals surface area contributed by atoms with Gasteiger partial charge in [0.1, 0.15) is 0 Å². The fourth-order valence-corrected chi connectivity index (χ4v) is 0.895. The molecule has 0 radical (unpaired) electrons. The van der Waals surface area contributed by atoms with Crippen molar-refractivity contribution in [1.29, 1.82) is 0 Å². The first-order valence-corrected chi connectivity index (χ1v) is 3.94. The minimum atomic E-state index is -0.516. The number of nitrogens with one attached hydrogen (secondary N) is 1. The molecule has 0 aliphatic heterocycles. The summed E-state index contributed by atoms with van der Waals surface area (Å²) in [6.07, 6.45) is 1.26. The molecule has 1 atom stereocenters. The van der Waals surface area contributed by atoms with Gasteiger partial charge in [-0.25, -0.2) is 0 Å². The smallest absolute Gasteiger partial charge is 0.0682 e. The summed E-state index contributed by atoms with van der Waals surface area (Å²) in [6.45, 7) is 2.57. The Bertz CT molecular complexity index is 100. The van der Waals surface area contributed by atoms with Crippen molar-refractivity contribution < 1.29 is 10.2 Å². The average Bonchev–Trinajstić information content (AvgIpc) is 2.02. The lowest BCUT2D eigenvalue weighted by molar-refractivity contribution is 0.192. The molecule has 0 saturated heterocycles. The maximum atomic E-state index is 8.65. The Kier molecular flexibility index (Phi) is 5.41. The van der Waals surface area contributed by atoms with Crippen LogP contribution in [0, 0.1) is 0 Å². The highest BCUT2D eigenvalue weighted by Gasteiger charge is 2.19.